The second-order valence-corrected chi connectivity index (χ2v) is 7.50. The molecule has 0 unspecified atom stereocenters. The van der Waals surface area contributed by atoms with Crippen molar-refractivity contribution in [2.45, 2.75) is 38.1 Å². The van der Waals surface area contributed by atoms with Crippen molar-refractivity contribution < 1.29 is 0 Å². The van der Waals surface area contributed by atoms with Crippen LogP contribution in [0.4, 0.5) is 11.8 Å². The van der Waals surface area contributed by atoms with Crippen LogP contribution >= 0.6 is 0 Å². The number of aromatic nitrogens is 5. The van der Waals surface area contributed by atoms with Gasteiger partial charge in [0.2, 0.25) is 5.95 Å². The molecule has 0 aliphatic carbocycles. The van der Waals surface area contributed by atoms with Gasteiger partial charge in [-0.1, -0.05) is 0 Å². The minimum Gasteiger partial charge on any atom is -0.356 e. The summed E-state index contributed by atoms with van der Waals surface area (Å²) in [7, 11) is 0. The first kappa shape index (κ1) is 16.6. The first-order chi connectivity index (χ1) is 13.4. The second kappa shape index (κ2) is 7.19. The Labute approximate surface area is 158 Å². The van der Waals surface area contributed by atoms with Crippen LogP contribution in [0.5, 0.6) is 0 Å². The van der Waals surface area contributed by atoms with Crippen LogP contribution in [0.15, 0.2) is 24.5 Å². The minimum atomic E-state index is 0.392. The van der Waals surface area contributed by atoms with E-state index in [0.29, 0.717) is 12.0 Å². The average molecular weight is 366 g/mol. The first-order valence-corrected chi connectivity index (χ1v) is 9.99. The summed E-state index contributed by atoms with van der Waals surface area (Å²) < 4.78 is 2.01. The molecule has 5 rings (SSSR count). The molecule has 0 radical (unpaired) electrons. The van der Waals surface area contributed by atoms with E-state index in [0.717, 1.165) is 55.2 Å². The molecule has 3 N–H and O–H groups in total. The van der Waals surface area contributed by atoms with Crippen LogP contribution in [-0.4, -0.2) is 57.0 Å². The average Bonchev–Trinajstić information content (AvgIpc) is 3.38. The van der Waals surface area contributed by atoms with E-state index in [1.807, 2.05) is 23.0 Å². The number of rotatable bonds is 4. The summed E-state index contributed by atoms with van der Waals surface area (Å²) in [5.41, 5.74) is 3.11. The van der Waals surface area contributed by atoms with Gasteiger partial charge in [0, 0.05) is 43.0 Å². The summed E-state index contributed by atoms with van der Waals surface area (Å²) in [4.78, 5) is 7.19. The molecule has 0 saturated carbocycles. The van der Waals surface area contributed by atoms with Crippen LogP contribution in [0.1, 0.15) is 32.1 Å². The van der Waals surface area contributed by atoms with Crippen LogP contribution in [0.2, 0.25) is 0 Å². The van der Waals surface area contributed by atoms with E-state index in [4.69, 9.17) is 10.1 Å². The molecule has 2 fully saturated rings. The fourth-order valence-corrected chi connectivity index (χ4v) is 4.19. The fourth-order valence-electron chi connectivity index (χ4n) is 4.19. The Kier molecular flexibility index (Phi) is 4.41. The van der Waals surface area contributed by atoms with E-state index in [9.17, 15) is 0 Å². The molecule has 0 bridgehead atoms. The van der Waals surface area contributed by atoms with Gasteiger partial charge in [-0.25, -0.2) is 0 Å². The summed E-state index contributed by atoms with van der Waals surface area (Å²) in [5, 5.41) is 18.9. The van der Waals surface area contributed by atoms with Crippen molar-refractivity contribution in [2.24, 2.45) is 0 Å². The standard InChI is InChI=1S/C19H26N8/c1-2-9-26(10-3-1)18-16(14-11-21-22-12-14)6-7-17-24-19(25-27(17)18)23-15-5-4-8-20-13-15/h6-7,11-12,15,20H,1-5,8-10,13H2,(H,21,22)(H,23,25)/t15-/m1/s1. The Hall–Kier alpha value is -2.61. The lowest BCUT2D eigenvalue weighted by molar-refractivity contribution is 0.478. The Morgan fingerprint density at radius 2 is 2.04 bits per heavy atom. The van der Waals surface area contributed by atoms with Gasteiger partial charge in [-0.2, -0.15) is 14.6 Å². The molecule has 27 heavy (non-hydrogen) atoms. The lowest BCUT2D eigenvalue weighted by Gasteiger charge is -2.30. The van der Waals surface area contributed by atoms with Crippen molar-refractivity contribution in [3.8, 4) is 11.1 Å². The number of H-pyrrole nitrogens is 1. The highest BCUT2D eigenvalue weighted by molar-refractivity contribution is 5.78. The van der Waals surface area contributed by atoms with E-state index < -0.39 is 0 Å². The highest BCUT2D eigenvalue weighted by Crippen LogP contribution is 2.33. The van der Waals surface area contributed by atoms with E-state index in [-0.39, 0.29) is 0 Å². The van der Waals surface area contributed by atoms with Gasteiger partial charge in [0.1, 0.15) is 5.82 Å². The number of hydrogen-bond acceptors (Lipinski definition) is 6. The number of hydrogen-bond donors (Lipinski definition) is 3. The first-order valence-electron chi connectivity index (χ1n) is 9.99. The summed E-state index contributed by atoms with van der Waals surface area (Å²) in [6.45, 7) is 4.18. The Bertz CT molecular complexity index is 888. The predicted octanol–water partition coefficient (Wildman–Crippen LogP) is 2.27. The van der Waals surface area contributed by atoms with Gasteiger partial charge in [0.25, 0.3) is 0 Å². The summed E-state index contributed by atoms with van der Waals surface area (Å²) in [6, 6.07) is 4.58. The van der Waals surface area contributed by atoms with Gasteiger partial charge in [0.05, 0.1) is 6.20 Å². The number of anilines is 2. The van der Waals surface area contributed by atoms with Crippen molar-refractivity contribution >= 4 is 17.4 Å². The molecular weight excluding hydrogens is 340 g/mol. The highest BCUT2D eigenvalue weighted by Gasteiger charge is 2.22. The van der Waals surface area contributed by atoms with Gasteiger partial charge in [-0.05, 0) is 50.8 Å². The number of aromatic amines is 1. The Morgan fingerprint density at radius 1 is 1.11 bits per heavy atom. The summed E-state index contributed by atoms with van der Waals surface area (Å²) in [5.74, 6) is 1.84. The molecule has 0 aromatic carbocycles. The maximum absolute atomic E-state index is 4.85. The van der Waals surface area contributed by atoms with Crippen molar-refractivity contribution in [3.05, 3.63) is 24.5 Å². The van der Waals surface area contributed by atoms with E-state index in [2.05, 4.69) is 31.8 Å². The van der Waals surface area contributed by atoms with E-state index in [1.165, 1.54) is 25.7 Å². The van der Waals surface area contributed by atoms with Gasteiger partial charge >= 0.3 is 0 Å². The third-order valence-corrected chi connectivity index (χ3v) is 5.57. The van der Waals surface area contributed by atoms with Gasteiger partial charge in [-0.15, -0.1) is 5.10 Å². The molecule has 2 aliphatic rings. The molecular formula is C19H26N8. The quantitative estimate of drug-likeness (QED) is 0.657. The summed E-state index contributed by atoms with van der Waals surface area (Å²) >= 11 is 0. The summed E-state index contributed by atoms with van der Waals surface area (Å²) in [6.07, 6.45) is 9.89. The molecule has 8 heteroatoms. The lowest BCUT2D eigenvalue weighted by Crippen LogP contribution is -2.38. The molecule has 3 aromatic heterocycles. The van der Waals surface area contributed by atoms with Gasteiger partial charge in [0.15, 0.2) is 5.65 Å². The van der Waals surface area contributed by atoms with Crippen molar-refractivity contribution in [1.82, 2.24) is 30.1 Å². The molecule has 2 aliphatic heterocycles. The van der Waals surface area contributed by atoms with Crippen molar-refractivity contribution in [2.75, 3.05) is 36.4 Å². The number of nitrogens with zero attached hydrogens (tertiary/aromatic N) is 5. The van der Waals surface area contributed by atoms with Crippen LogP contribution < -0.4 is 15.5 Å². The molecule has 2 saturated heterocycles. The molecule has 142 valence electrons. The molecule has 0 spiro atoms. The smallest absolute Gasteiger partial charge is 0.243 e. The Balaban J connectivity index is 1.56. The molecule has 0 amide bonds. The maximum atomic E-state index is 4.85. The fraction of sp³-hybridized carbons (Fsp3) is 0.526. The van der Waals surface area contributed by atoms with Crippen LogP contribution in [0.3, 0.4) is 0 Å². The van der Waals surface area contributed by atoms with Gasteiger partial charge < -0.3 is 15.5 Å². The SMILES string of the molecule is c1n[nH]cc1-c1ccc2nc(N[C@@H]3CCCNC3)nn2c1N1CCCCC1. The van der Waals surface area contributed by atoms with Crippen LogP contribution in [-0.2, 0) is 0 Å². The van der Waals surface area contributed by atoms with Crippen molar-refractivity contribution in [1.29, 1.82) is 0 Å². The lowest BCUT2D eigenvalue weighted by atomic mass is 10.1. The molecule has 8 nitrogen and oxygen atoms in total. The highest BCUT2D eigenvalue weighted by atomic mass is 15.4. The topological polar surface area (TPSA) is 86.2 Å². The Morgan fingerprint density at radius 3 is 2.81 bits per heavy atom. The molecule has 1 atom stereocenters. The molecule has 3 aromatic rings. The minimum absolute atomic E-state index is 0.392. The zero-order valence-corrected chi connectivity index (χ0v) is 15.5. The van der Waals surface area contributed by atoms with Crippen molar-refractivity contribution in [3.63, 3.8) is 0 Å². The number of piperidine rings is 2. The van der Waals surface area contributed by atoms with Crippen LogP contribution in [0.25, 0.3) is 16.8 Å². The van der Waals surface area contributed by atoms with E-state index in [1.54, 1.807) is 0 Å². The number of pyridine rings is 1. The third-order valence-electron chi connectivity index (χ3n) is 5.57. The molecule has 5 heterocycles. The third kappa shape index (κ3) is 3.25. The van der Waals surface area contributed by atoms with Crippen LogP contribution in [0, 0.1) is 0 Å². The second-order valence-electron chi connectivity index (χ2n) is 7.50. The largest absolute Gasteiger partial charge is 0.356 e. The van der Waals surface area contributed by atoms with E-state index >= 15 is 0 Å². The number of nitrogens with one attached hydrogen (secondary N) is 3. The van der Waals surface area contributed by atoms with Gasteiger partial charge in [-0.3, -0.25) is 5.10 Å². The monoisotopic (exact) mass is 366 g/mol. The number of fused-ring (bicyclic) bond motifs is 1. The predicted molar refractivity (Wildman–Crippen MR) is 106 cm³/mol. The zero-order valence-electron chi connectivity index (χ0n) is 15.5. The maximum Gasteiger partial charge on any atom is 0.243 e. The zero-order chi connectivity index (χ0) is 18.1. The normalized spacial score (nSPS) is 20.9.